The summed E-state index contributed by atoms with van der Waals surface area (Å²) in [4.78, 5) is 4.45. The molecule has 0 fully saturated rings. The number of nitrogens with one attached hydrogen (secondary N) is 2. The summed E-state index contributed by atoms with van der Waals surface area (Å²) < 4.78 is 29.9. The van der Waals surface area contributed by atoms with Crippen LogP contribution in [0.1, 0.15) is 33.6 Å². The van der Waals surface area contributed by atoms with E-state index in [1.54, 1.807) is 14.0 Å². The summed E-state index contributed by atoms with van der Waals surface area (Å²) in [5.74, 6) is 0.904. The Kier molecular flexibility index (Phi) is 16.8. The lowest BCUT2D eigenvalue weighted by Crippen LogP contribution is -2.39. The third-order valence-corrected chi connectivity index (χ3v) is 4.91. The number of guanidine groups is 1. The van der Waals surface area contributed by atoms with E-state index >= 15 is 0 Å². The minimum Gasteiger partial charge on any atom is -0.382 e. The first-order valence-electron chi connectivity index (χ1n) is 8.01. The lowest BCUT2D eigenvalue weighted by Gasteiger charge is -2.16. The van der Waals surface area contributed by atoms with Crippen molar-refractivity contribution >= 4 is 40.0 Å². The molecule has 0 aliphatic rings. The summed E-state index contributed by atoms with van der Waals surface area (Å²) in [6.07, 6.45) is 1.63. The quantitative estimate of drug-likeness (QED) is 0.197. The second-order valence-electron chi connectivity index (χ2n) is 4.81. The standard InChI is InChI=1S/C14H32N4O3S.HI/c1-5-15-14(17-11-9-13-21-6-2)16-10-8-12-18(4)22(19,20)7-3;/h5-13H2,1-4H3,(H2,15,16,17);1H. The molecule has 0 saturated carbocycles. The summed E-state index contributed by atoms with van der Waals surface area (Å²) in [6.45, 7) is 9.79. The van der Waals surface area contributed by atoms with Crippen LogP contribution in [0.15, 0.2) is 4.99 Å². The first kappa shape index (κ1) is 25.1. The molecule has 0 saturated heterocycles. The van der Waals surface area contributed by atoms with E-state index in [1.165, 1.54) is 4.31 Å². The molecule has 0 aromatic rings. The van der Waals surface area contributed by atoms with Crippen LogP contribution in [-0.2, 0) is 14.8 Å². The van der Waals surface area contributed by atoms with Crippen molar-refractivity contribution in [2.24, 2.45) is 4.99 Å². The van der Waals surface area contributed by atoms with Crippen LogP contribution < -0.4 is 10.6 Å². The van der Waals surface area contributed by atoms with Crippen molar-refractivity contribution in [1.82, 2.24) is 14.9 Å². The van der Waals surface area contributed by atoms with Gasteiger partial charge in [-0.05, 0) is 33.6 Å². The van der Waals surface area contributed by atoms with E-state index in [4.69, 9.17) is 4.74 Å². The van der Waals surface area contributed by atoms with Crippen LogP contribution in [-0.4, -0.2) is 70.9 Å². The molecule has 0 radical (unpaired) electrons. The summed E-state index contributed by atoms with van der Waals surface area (Å²) in [7, 11) is -1.47. The minimum atomic E-state index is -3.09. The molecule has 0 bridgehead atoms. The van der Waals surface area contributed by atoms with E-state index in [9.17, 15) is 8.42 Å². The van der Waals surface area contributed by atoms with Gasteiger partial charge in [-0.15, -0.1) is 24.0 Å². The van der Waals surface area contributed by atoms with Crippen LogP contribution in [0.25, 0.3) is 0 Å². The molecule has 2 N–H and O–H groups in total. The number of hydrogen-bond donors (Lipinski definition) is 2. The number of halogens is 1. The fourth-order valence-corrected chi connectivity index (χ4v) is 2.56. The number of rotatable bonds is 12. The number of ether oxygens (including phenoxy) is 1. The van der Waals surface area contributed by atoms with Gasteiger partial charge in [-0.3, -0.25) is 4.99 Å². The monoisotopic (exact) mass is 464 g/mol. The highest BCUT2D eigenvalue weighted by Crippen LogP contribution is 1.98. The average Bonchev–Trinajstić information content (AvgIpc) is 2.50. The second-order valence-corrected chi connectivity index (χ2v) is 7.18. The zero-order chi connectivity index (χ0) is 16.8. The molecule has 0 aliphatic heterocycles. The van der Waals surface area contributed by atoms with Gasteiger partial charge in [0.25, 0.3) is 0 Å². The van der Waals surface area contributed by atoms with Crippen LogP contribution in [0.5, 0.6) is 0 Å². The maximum atomic E-state index is 11.6. The SMILES string of the molecule is CCNC(=NCCCOCC)NCCCN(C)S(=O)(=O)CC.I. The Morgan fingerprint density at radius 3 is 2.43 bits per heavy atom. The van der Waals surface area contributed by atoms with E-state index in [0.717, 1.165) is 38.6 Å². The smallest absolute Gasteiger partial charge is 0.213 e. The van der Waals surface area contributed by atoms with Gasteiger partial charge in [-0.25, -0.2) is 12.7 Å². The van der Waals surface area contributed by atoms with E-state index in [-0.39, 0.29) is 29.7 Å². The zero-order valence-electron chi connectivity index (χ0n) is 14.8. The molecule has 9 heteroatoms. The first-order valence-corrected chi connectivity index (χ1v) is 9.62. The van der Waals surface area contributed by atoms with Crippen LogP contribution in [0.2, 0.25) is 0 Å². The molecule has 0 rings (SSSR count). The normalized spacial score (nSPS) is 12.1. The first-order chi connectivity index (χ1) is 10.5. The lowest BCUT2D eigenvalue weighted by molar-refractivity contribution is 0.146. The van der Waals surface area contributed by atoms with E-state index in [2.05, 4.69) is 15.6 Å². The largest absolute Gasteiger partial charge is 0.382 e. The van der Waals surface area contributed by atoms with Gasteiger partial charge in [0.2, 0.25) is 10.0 Å². The summed E-state index contributed by atoms with van der Waals surface area (Å²) >= 11 is 0. The Balaban J connectivity index is 0. The van der Waals surface area contributed by atoms with E-state index in [0.29, 0.717) is 19.6 Å². The van der Waals surface area contributed by atoms with Gasteiger partial charge in [-0.1, -0.05) is 0 Å². The number of nitrogens with zero attached hydrogens (tertiary/aromatic N) is 2. The molecule has 0 spiro atoms. The Morgan fingerprint density at radius 2 is 1.87 bits per heavy atom. The molecule has 0 aromatic carbocycles. The second kappa shape index (κ2) is 15.4. The van der Waals surface area contributed by atoms with Gasteiger partial charge in [-0.2, -0.15) is 0 Å². The van der Waals surface area contributed by atoms with Gasteiger partial charge in [0.05, 0.1) is 5.75 Å². The van der Waals surface area contributed by atoms with Gasteiger partial charge < -0.3 is 15.4 Å². The molecule has 0 unspecified atom stereocenters. The van der Waals surface area contributed by atoms with E-state index < -0.39 is 10.0 Å². The summed E-state index contributed by atoms with van der Waals surface area (Å²) in [5, 5.41) is 6.38. The maximum absolute atomic E-state index is 11.6. The molecule has 7 nitrogen and oxygen atoms in total. The topological polar surface area (TPSA) is 83.0 Å². The van der Waals surface area contributed by atoms with Gasteiger partial charge in [0.15, 0.2) is 5.96 Å². The summed E-state index contributed by atoms with van der Waals surface area (Å²) in [5.41, 5.74) is 0. The highest BCUT2D eigenvalue weighted by Gasteiger charge is 2.13. The third kappa shape index (κ3) is 12.9. The Hall–Kier alpha value is -0.130. The average molecular weight is 464 g/mol. The number of sulfonamides is 1. The van der Waals surface area contributed by atoms with Crippen LogP contribution in [0, 0.1) is 0 Å². The number of hydrogen-bond acceptors (Lipinski definition) is 4. The van der Waals surface area contributed by atoms with Crippen LogP contribution in [0.3, 0.4) is 0 Å². The van der Waals surface area contributed by atoms with Crippen molar-refractivity contribution in [3.63, 3.8) is 0 Å². The highest BCUT2D eigenvalue weighted by molar-refractivity contribution is 14.0. The van der Waals surface area contributed by atoms with Crippen LogP contribution >= 0.6 is 24.0 Å². The highest BCUT2D eigenvalue weighted by atomic mass is 127. The predicted molar refractivity (Wildman–Crippen MR) is 107 cm³/mol. The molecular formula is C14H33IN4O3S. The van der Waals surface area contributed by atoms with E-state index in [1.807, 2.05) is 13.8 Å². The van der Waals surface area contributed by atoms with Gasteiger partial charge in [0.1, 0.15) is 0 Å². The van der Waals surface area contributed by atoms with Crippen molar-refractivity contribution < 1.29 is 13.2 Å². The third-order valence-electron chi connectivity index (χ3n) is 3.05. The minimum absolute atomic E-state index is 0. The molecule has 0 aromatic heterocycles. The Bertz CT molecular complexity index is 405. The molecule has 140 valence electrons. The molecular weight excluding hydrogens is 431 g/mol. The molecule has 23 heavy (non-hydrogen) atoms. The Labute approximate surface area is 158 Å². The van der Waals surface area contributed by atoms with Crippen molar-refractivity contribution in [2.75, 3.05) is 52.2 Å². The van der Waals surface area contributed by atoms with Crippen molar-refractivity contribution in [3.05, 3.63) is 0 Å². The predicted octanol–water partition coefficient (Wildman–Crippen LogP) is 1.26. The fraction of sp³-hybridized carbons (Fsp3) is 0.929. The maximum Gasteiger partial charge on any atom is 0.213 e. The molecule has 0 aliphatic carbocycles. The fourth-order valence-electron chi connectivity index (χ4n) is 1.71. The Morgan fingerprint density at radius 1 is 1.17 bits per heavy atom. The summed E-state index contributed by atoms with van der Waals surface area (Å²) in [6, 6.07) is 0. The molecule has 0 heterocycles. The van der Waals surface area contributed by atoms with Crippen LogP contribution in [0.4, 0.5) is 0 Å². The van der Waals surface area contributed by atoms with Crippen molar-refractivity contribution in [3.8, 4) is 0 Å². The number of aliphatic imine (C=N–C) groups is 1. The lowest BCUT2D eigenvalue weighted by atomic mass is 10.4. The van der Waals surface area contributed by atoms with Crippen molar-refractivity contribution in [1.29, 1.82) is 0 Å². The van der Waals surface area contributed by atoms with Gasteiger partial charge >= 0.3 is 0 Å². The molecule has 0 amide bonds. The molecule has 0 atom stereocenters. The zero-order valence-corrected chi connectivity index (χ0v) is 17.9. The van der Waals surface area contributed by atoms with Crippen molar-refractivity contribution in [2.45, 2.75) is 33.6 Å². The van der Waals surface area contributed by atoms with Gasteiger partial charge in [0, 0.05) is 46.4 Å².